The van der Waals surface area contributed by atoms with Crippen LogP contribution in [0.3, 0.4) is 0 Å². The number of alkyl carbamates (subject to hydrolysis) is 1. The number of ether oxygens (including phenoxy) is 3. The average molecular weight is 519 g/mol. The van der Waals surface area contributed by atoms with E-state index in [1.165, 1.54) is 18.2 Å². The summed E-state index contributed by atoms with van der Waals surface area (Å²) in [6.45, 7) is 8.67. The molecule has 1 aromatic rings. The molecule has 1 unspecified atom stereocenters. The first-order valence-electron chi connectivity index (χ1n) is 13.7. The van der Waals surface area contributed by atoms with Crippen molar-refractivity contribution in [2.45, 2.75) is 58.1 Å². The van der Waals surface area contributed by atoms with E-state index < -0.39 is 6.09 Å². The molecule has 37 heavy (non-hydrogen) atoms. The number of carbonyl (C=O) groups excluding carboxylic acids is 2. The van der Waals surface area contributed by atoms with Crippen molar-refractivity contribution in [3.63, 3.8) is 0 Å². The van der Waals surface area contributed by atoms with E-state index in [4.69, 9.17) is 9.47 Å². The summed E-state index contributed by atoms with van der Waals surface area (Å²) in [7, 11) is 3.28. The van der Waals surface area contributed by atoms with Gasteiger partial charge < -0.3 is 35.1 Å². The molecule has 3 N–H and O–H groups in total. The Labute approximate surface area is 222 Å². The number of aryl methyl sites for hydroxylation is 2. The van der Waals surface area contributed by atoms with Gasteiger partial charge in [-0.25, -0.2) is 9.59 Å². The lowest BCUT2D eigenvalue weighted by Crippen LogP contribution is -2.52. The highest BCUT2D eigenvalue weighted by atomic mass is 16.5. The monoisotopic (exact) mass is 518 g/mol. The second-order valence-electron chi connectivity index (χ2n) is 10.4. The molecule has 3 rings (SSSR count). The van der Waals surface area contributed by atoms with E-state index in [9.17, 15) is 9.59 Å². The van der Waals surface area contributed by atoms with Crippen molar-refractivity contribution >= 4 is 12.1 Å². The molecule has 3 amide bonds. The fourth-order valence-electron chi connectivity index (χ4n) is 5.49. The number of rotatable bonds is 11. The molecule has 9 heteroatoms. The molecule has 9 nitrogen and oxygen atoms in total. The van der Waals surface area contributed by atoms with Gasteiger partial charge in [0.1, 0.15) is 0 Å². The lowest BCUT2D eigenvalue weighted by molar-refractivity contribution is -0.00906. The van der Waals surface area contributed by atoms with Crippen molar-refractivity contribution in [2.75, 3.05) is 60.2 Å². The first-order valence-corrected chi connectivity index (χ1v) is 13.7. The molecule has 2 aliphatic rings. The Morgan fingerprint density at radius 3 is 2.70 bits per heavy atom. The molecule has 2 fully saturated rings. The maximum absolute atomic E-state index is 13.4. The van der Waals surface area contributed by atoms with Crippen LogP contribution in [-0.4, -0.2) is 83.2 Å². The Kier molecular flexibility index (Phi) is 12.0. The van der Waals surface area contributed by atoms with Gasteiger partial charge in [0.2, 0.25) is 0 Å². The number of amides is 3. The molecule has 0 saturated carbocycles. The topological polar surface area (TPSA) is 101 Å². The van der Waals surface area contributed by atoms with Gasteiger partial charge in [0, 0.05) is 51.4 Å². The third kappa shape index (κ3) is 9.16. The Bertz CT molecular complexity index is 861. The number of nitrogens with one attached hydrogen (secondary N) is 3. The zero-order chi connectivity index (χ0) is 26.6. The van der Waals surface area contributed by atoms with Crippen LogP contribution in [0, 0.1) is 25.7 Å². The normalized spacial score (nSPS) is 20.2. The minimum absolute atomic E-state index is 0.00378. The quantitative estimate of drug-likeness (QED) is 0.388. The van der Waals surface area contributed by atoms with Crippen LogP contribution in [0.15, 0.2) is 18.2 Å². The zero-order valence-electron chi connectivity index (χ0n) is 23.0. The van der Waals surface area contributed by atoms with Crippen molar-refractivity contribution in [3.8, 4) is 0 Å². The number of methoxy groups -OCH3 is 1. The van der Waals surface area contributed by atoms with E-state index in [1.54, 1.807) is 0 Å². The highest BCUT2D eigenvalue weighted by Crippen LogP contribution is 2.35. The number of hydrogen-bond acceptors (Lipinski definition) is 6. The number of likely N-dealkylation sites (tertiary alicyclic amines) is 1. The van der Waals surface area contributed by atoms with E-state index in [2.05, 4.69) is 52.7 Å². The number of likely N-dealkylation sites (N-methyl/N-ethyl adjacent to an activating group) is 1. The van der Waals surface area contributed by atoms with E-state index in [1.807, 2.05) is 11.9 Å². The Morgan fingerprint density at radius 2 is 1.97 bits per heavy atom. The van der Waals surface area contributed by atoms with E-state index in [0.29, 0.717) is 25.6 Å². The van der Waals surface area contributed by atoms with Crippen molar-refractivity contribution in [3.05, 3.63) is 34.9 Å². The first kappa shape index (κ1) is 29.2. The number of urea groups is 1. The summed E-state index contributed by atoms with van der Waals surface area (Å²) < 4.78 is 16.6. The molecule has 0 spiro atoms. The highest BCUT2D eigenvalue weighted by molar-refractivity contribution is 5.74. The second kappa shape index (κ2) is 15.1. The number of nitrogens with zero attached hydrogens (tertiary/aromatic N) is 1. The van der Waals surface area contributed by atoms with Crippen LogP contribution in [0.2, 0.25) is 0 Å². The molecular weight excluding hydrogens is 472 g/mol. The van der Waals surface area contributed by atoms with Crippen LogP contribution in [0.5, 0.6) is 0 Å². The van der Waals surface area contributed by atoms with Crippen LogP contribution >= 0.6 is 0 Å². The van der Waals surface area contributed by atoms with Gasteiger partial charge in [0.15, 0.2) is 0 Å². The van der Waals surface area contributed by atoms with Crippen LogP contribution in [0.25, 0.3) is 0 Å². The fourth-order valence-corrected chi connectivity index (χ4v) is 5.49. The Hall–Kier alpha value is -2.36. The number of piperidine rings is 1. The Balaban J connectivity index is 1.66. The number of benzene rings is 1. The molecule has 0 radical (unpaired) electrons. The van der Waals surface area contributed by atoms with Gasteiger partial charge in [-0.2, -0.15) is 0 Å². The molecule has 1 aromatic carbocycles. The van der Waals surface area contributed by atoms with Gasteiger partial charge >= 0.3 is 12.1 Å². The average Bonchev–Trinajstić information content (AvgIpc) is 2.91. The number of carbonyl (C=O) groups is 2. The van der Waals surface area contributed by atoms with Crippen molar-refractivity contribution in [1.29, 1.82) is 0 Å². The van der Waals surface area contributed by atoms with Gasteiger partial charge in [0.05, 0.1) is 19.8 Å². The van der Waals surface area contributed by atoms with Crippen molar-refractivity contribution in [1.82, 2.24) is 20.9 Å². The lowest BCUT2D eigenvalue weighted by Gasteiger charge is -2.38. The van der Waals surface area contributed by atoms with Gasteiger partial charge in [-0.1, -0.05) is 23.8 Å². The minimum atomic E-state index is -0.468. The summed E-state index contributed by atoms with van der Waals surface area (Å²) in [6.07, 6.45) is 4.36. The maximum Gasteiger partial charge on any atom is 0.406 e. The van der Waals surface area contributed by atoms with E-state index in [0.717, 1.165) is 64.0 Å². The molecule has 2 saturated heterocycles. The molecule has 0 aliphatic carbocycles. The molecule has 0 bridgehead atoms. The van der Waals surface area contributed by atoms with Gasteiger partial charge in [-0.15, -0.1) is 0 Å². The van der Waals surface area contributed by atoms with Crippen LogP contribution < -0.4 is 16.0 Å². The summed E-state index contributed by atoms with van der Waals surface area (Å²) in [5.41, 5.74) is 3.50. The number of hydrogen-bond donors (Lipinski definition) is 3. The van der Waals surface area contributed by atoms with E-state index in [-0.39, 0.29) is 24.1 Å². The van der Waals surface area contributed by atoms with Crippen LogP contribution in [0.1, 0.15) is 54.9 Å². The predicted octanol–water partition coefficient (Wildman–Crippen LogP) is 3.54. The van der Waals surface area contributed by atoms with Gasteiger partial charge in [0.25, 0.3) is 0 Å². The van der Waals surface area contributed by atoms with E-state index >= 15 is 0 Å². The summed E-state index contributed by atoms with van der Waals surface area (Å²) >= 11 is 0. The molecular formula is C28H46N4O5. The van der Waals surface area contributed by atoms with Gasteiger partial charge in [-0.05, 0) is 70.0 Å². The molecule has 0 aromatic heterocycles. The van der Waals surface area contributed by atoms with Gasteiger partial charge in [-0.3, -0.25) is 0 Å². The summed E-state index contributed by atoms with van der Waals surface area (Å²) in [4.78, 5) is 26.8. The summed E-state index contributed by atoms with van der Waals surface area (Å²) in [5, 5.41) is 9.24. The molecule has 3 atom stereocenters. The Morgan fingerprint density at radius 1 is 1.19 bits per heavy atom. The lowest BCUT2D eigenvalue weighted by atomic mass is 9.86. The van der Waals surface area contributed by atoms with Crippen LogP contribution in [0.4, 0.5) is 9.59 Å². The first-order chi connectivity index (χ1) is 17.9. The highest BCUT2D eigenvalue weighted by Gasteiger charge is 2.33. The largest absolute Gasteiger partial charge is 0.453 e. The second-order valence-corrected chi connectivity index (χ2v) is 10.4. The maximum atomic E-state index is 13.4. The summed E-state index contributed by atoms with van der Waals surface area (Å²) in [6, 6.07) is 6.51. The molecule has 2 heterocycles. The standard InChI is InChI=1S/C28H46N4O5/c1-20-7-8-21(2)25(16-20)26(37-15-11-30-28(34)35-4)23-6-5-12-32(19-23)27(33)31-24(18-29-3)17-22-9-13-36-14-10-22/h7-8,16,22-24,26,29H,5-6,9-15,17-19H2,1-4H3,(H,30,34)(H,31,33)/t23-,24+,26?/m1/s1. The minimum Gasteiger partial charge on any atom is -0.453 e. The fraction of sp³-hybridized carbons (Fsp3) is 0.714. The summed E-state index contributed by atoms with van der Waals surface area (Å²) in [5.74, 6) is 0.749. The van der Waals surface area contributed by atoms with Crippen LogP contribution in [-0.2, 0) is 14.2 Å². The molecule has 2 aliphatic heterocycles. The zero-order valence-corrected chi connectivity index (χ0v) is 23.0. The smallest absolute Gasteiger partial charge is 0.406 e. The third-order valence-electron chi connectivity index (χ3n) is 7.51. The van der Waals surface area contributed by atoms with Crippen molar-refractivity contribution in [2.24, 2.45) is 11.8 Å². The molecule has 208 valence electrons. The predicted molar refractivity (Wildman–Crippen MR) is 144 cm³/mol. The SMILES string of the molecule is CNC[C@H](CC1CCOCC1)NC(=O)N1CCC[C@@H](C(OCCNC(=O)OC)c2cc(C)ccc2C)C1. The van der Waals surface area contributed by atoms with Crippen molar-refractivity contribution < 1.29 is 23.8 Å². The third-order valence-corrected chi connectivity index (χ3v) is 7.51.